The minimum atomic E-state index is -3.17. The molecule has 2 N–H and O–H groups in total. The van der Waals surface area contributed by atoms with Crippen LogP contribution in [0.2, 0.25) is 0 Å². The van der Waals surface area contributed by atoms with Crippen molar-refractivity contribution in [2.75, 3.05) is 19.3 Å². The van der Waals surface area contributed by atoms with E-state index in [1.807, 2.05) is 24.3 Å². The molecule has 4 nitrogen and oxygen atoms in total. The minimum absolute atomic E-state index is 0.174. The number of hydrogen-bond donors (Lipinski definition) is 1. The maximum atomic E-state index is 12.0. The second-order valence-corrected chi connectivity index (χ2v) is 6.93. The fourth-order valence-electron chi connectivity index (χ4n) is 1.82. The molecule has 0 aliphatic carbocycles. The lowest BCUT2D eigenvalue weighted by atomic mass is 10.1. The summed E-state index contributed by atoms with van der Waals surface area (Å²) in [7, 11) is -1.54. The maximum Gasteiger partial charge on any atom is 0.214 e. The van der Waals surface area contributed by atoms with Crippen molar-refractivity contribution in [3.63, 3.8) is 0 Å². The number of nitrogens with zero attached hydrogens (tertiary/aromatic N) is 1. The van der Waals surface area contributed by atoms with Crippen LogP contribution >= 0.6 is 0 Å². The number of benzene rings is 1. The highest BCUT2D eigenvalue weighted by atomic mass is 32.2. The Kier molecular flexibility index (Phi) is 6.48. The van der Waals surface area contributed by atoms with E-state index in [1.54, 1.807) is 7.05 Å². The first kappa shape index (κ1) is 16.1. The van der Waals surface area contributed by atoms with E-state index in [0.29, 0.717) is 19.5 Å². The number of aryl methyl sites for hydroxylation is 1. The Balaban J connectivity index is 2.59. The van der Waals surface area contributed by atoms with Gasteiger partial charge in [0.1, 0.15) is 0 Å². The molecule has 1 aromatic carbocycles. The summed E-state index contributed by atoms with van der Waals surface area (Å²) in [4.78, 5) is 0. The Morgan fingerprint density at radius 1 is 1.11 bits per heavy atom. The zero-order valence-electron chi connectivity index (χ0n) is 11.8. The molecule has 0 aromatic heterocycles. The summed E-state index contributed by atoms with van der Waals surface area (Å²) in [6.07, 6.45) is 2.36. The average Bonchev–Trinajstić information content (AvgIpc) is 2.39. The molecule has 0 saturated carbocycles. The number of hydrogen-bond acceptors (Lipinski definition) is 3. The van der Waals surface area contributed by atoms with E-state index in [4.69, 9.17) is 5.73 Å². The molecule has 1 aromatic rings. The molecule has 0 radical (unpaired) electrons. The highest BCUT2D eigenvalue weighted by Crippen LogP contribution is 2.11. The van der Waals surface area contributed by atoms with E-state index in [-0.39, 0.29) is 5.75 Å². The molecule has 0 fully saturated rings. The van der Waals surface area contributed by atoms with Crippen LogP contribution in [-0.4, -0.2) is 32.1 Å². The van der Waals surface area contributed by atoms with Crippen molar-refractivity contribution in [3.05, 3.63) is 35.4 Å². The lowest BCUT2D eigenvalue weighted by molar-refractivity contribution is 0.464. The van der Waals surface area contributed by atoms with E-state index in [9.17, 15) is 8.42 Å². The SMILES string of the molecule is CCc1ccc(CN(C)S(=O)(=O)CCCCN)cc1. The summed E-state index contributed by atoms with van der Waals surface area (Å²) in [5.74, 6) is 0.174. The van der Waals surface area contributed by atoms with Gasteiger partial charge in [0.2, 0.25) is 10.0 Å². The van der Waals surface area contributed by atoms with Crippen molar-refractivity contribution in [2.45, 2.75) is 32.7 Å². The molecule has 108 valence electrons. The summed E-state index contributed by atoms with van der Waals surface area (Å²) < 4.78 is 25.5. The molecule has 0 spiro atoms. The first-order valence-electron chi connectivity index (χ1n) is 6.71. The quantitative estimate of drug-likeness (QED) is 0.740. The standard InChI is InChI=1S/C14H24N2O2S/c1-3-13-6-8-14(9-7-13)12-16(2)19(17,18)11-5-4-10-15/h6-9H,3-5,10-12,15H2,1-2H3. The monoisotopic (exact) mass is 284 g/mol. The summed E-state index contributed by atoms with van der Waals surface area (Å²) >= 11 is 0. The van der Waals surface area contributed by atoms with E-state index in [2.05, 4.69) is 6.92 Å². The first-order chi connectivity index (χ1) is 8.99. The van der Waals surface area contributed by atoms with Gasteiger partial charge in [-0.2, -0.15) is 0 Å². The molecule has 0 unspecified atom stereocenters. The highest BCUT2D eigenvalue weighted by molar-refractivity contribution is 7.89. The Hall–Kier alpha value is -0.910. The predicted octanol–water partition coefficient (Wildman–Crippen LogP) is 1.75. The van der Waals surface area contributed by atoms with Gasteiger partial charge in [0.25, 0.3) is 0 Å². The van der Waals surface area contributed by atoms with Crippen LogP contribution in [0.1, 0.15) is 30.9 Å². The Bertz CT molecular complexity index is 469. The fraction of sp³-hybridized carbons (Fsp3) is 0.571. The number of rotatable bonds is 8. The van der Waals surface area contributed by atoms with Crippen molar-refractivity contribution in [3.8, 4) is 0 Å². The average molecular weight is 284 g/mol. The predicted molar refractivity (Wildman–Crippen MR) is 79.4 cm³/mol. The molecule has 0 atom stereocenters. The molecule has 0 saturated heterocycles. The van der Waals surface area contributed by atoms with E-state index in [1.165, 1.54) is 9.87 Å². The third-order valence-electron chi connectivity index (χ3n) is 3.17. The summed E-state index contributed by atoms with van der Waals surface area (Å²) in [6.45, 7) is 3.07. The highest BCUT2D eigenvalue weighted by Gasteiger charge is 2.17. The van der Waals surface area contributed by atoms with Gasteiger partial charge in [-0.15, -0.1) is 0 Å². The smallest absolute Gasteiger partial charge is 0.214 e. The van der Waals surface area contributed by atoms with Gasteiger partial charge in [-0.05, 0) is 36.9 Å². The van der Waals surface area contributed by atoms with Gasteiger partial charge >= 0.3 is 0 Å². The van der Waals surface area contributed by atoms with Crippen LogP contribution in [-0.2, 0) is 23.0 Å². The minimum Gasteiger partial charge on any atom is -0.330 e. The summed E-state index contributed by atoms with van der Waals surface area (Å²) in [5.41, 5.74) is 7.65. The lowest BCUT2D eigenvalue weighted by Crippen LogP contribution is -2.29. The second kappa shape index (κ2) is 7.62. The summed E-state index contributed by atoms with van der Waals surface area (Å²) in [6, 6.07) is 8.07. The molecule has 0 amide bonds. The largest absolute Gasteiger partial charge is 0.330 e. The van der Waals surface area contributed by atoms with Gasteiger partial charge in [-0.1, -0.05) is 31.2 Å². The molecule has 0 bridgehead atoms. The second-order valence-electron chi connectivity index (χ2n) is 4.74. The maximum absolute atomic E-state index is 12.0. The van der Waals surface area contributed by atoms with Gasteiger partial charge < -0.3 is 5.73 Å². The van der Waals surface area contributed by atoms with Crippen molar-refractivity contribution >= 4 is 10.0 Å². The van der Waals surface area contributed by atoms with Crippen LogP contribution in [0.3, 0.4) is 0 Å². The first-order valence-corrected chi connectivity index (χ1v) is 8.32. The number of sulfonamides is 1. The van der Waals surface area contributed by atoms with Crippen LogP contribution in [0.15, 0.2) is 24.3 Å². The third-order valence-corrected chi connectivity index (χ3v) is 5.05. The lowest BCUT2D eigenvalue weighted by Gasteiger charge is -2.17. The van der Waals surface area contributed by atoms with Crippen molar-refractivity contribution < 1.29 is 8.42 Å². The van der Waals surface area contributed by atoms with Crippen molar-refractivity contribution in [1.29, 1.82) is 0 Å². The van der Waals surface area contributed by atoms with Gasteiger partial charge in [-0.25, -0.2) is 12.7 Å². The summed E-state index contributed by atoms with van der Waals surface area (Å²) in [5, 5.41) is 0. The molecular formula is C14H24N2O2S. The van der Waals surface area contributed by atoms with Crippen LogP contribution in [0.4, 0.5) is 0 Å². The zero-order chi connectivity index (χ0) is 14.3. The van der Waals surface area contributed by atoms with Crippen LogP contribution in [0.25, 0.3) is 0 Å². The molecule has 0 aliphatic heterocycles. The van der Waals surface area contributed by atoms with Crippen LogP contribution in [0, 0.1) is 0 Å². The van der Waals surface area contributed by atoms with Gasteiger partial charge in [-0.3, -0.25) is 0 Å². The molecular weight excluding hydrogens is 260 g/mol. The third kappa shape index (κ3) is 5.30. The normalized spacial score (nSPS) is 12.0. The number of unbranched alkanes of at least 4 members (excludes halogenated alkanes) is 1. The molecule has 0 aliphatic rings. The van der Waals surface area contributed by atoms with Crippen molar-refractivity contribution in [1.82, 2.24) is 4.31 Å². The Labute approximate surface area is 116 Å². The Morgan fingerprint density at radius 3 is 2.21 bits per heavy atom. The molecule has 5 heteroatoms. The van der Waals surface area contributed by atoms with E-state index in [0.717, 1.165) is 18.4 Å². The fourth-order valence-corrected chi connectivity index (χ4v) is 3.05. The van der Waals surface area contributed by atoms with Gasteiger partial charge in [0.15, 0.2) is 0 Å². The van der Waals surface area contributed by atoms with E-state index >= 15 is 0 Å². The van der Waals surface area contributed by atoms with Gasteiger partial charge in [0, 0.05) is 13.6 Å². The zero-order valence-corrected chi connectivity index (χ0v) is 12.6. The number of nitrogens with two attached hydrogens (primary N) is 1. The Morgan fingerprint density at radius 2 is 1.68 bits per heavy atom. The topological polar surface area (TPSA) is 63.4 Å². The van der Waals surface area contributed by atoms with Crippen molar-refractivity contribution in [2.24, 2.45) is 5.73 Å². The van der Waals surface area contributed by atoms with Crippen LogP contribution in [0.5, 0.6) is 0 Å². The molecule has 1 rings (SSSR count). The molecule has 0 heterocycles. The van der Waals surface area contributed by atoms with E-state index < -0.39 is 10.0 Å². The van der Waals surface area contributed by atoms with Gasteiger partial charge in [0.05, 0.1) is 5.75 Å². The van der Waals surface area contributed by atoms with Crippen LogP contribution < -0.4 is 5.73 Å². The molecule has 19 heavy (non-hydrogen) atoms.